The molecule has 15 heteroatoms. The van der Waals surface area contributed by atoms with Crippen molar-refractivity contribution in [3.05, 3.63) is 0 Å². The number of rotatable bonds is 9. The molecule has 3 aliphatic rings. The molecule has 0 unspecified atom stereocenters. The molecule has 1 aliphatic heterocycles. The molecule has 12 atom stereocenters. The summed E-state index contributed by atoms with van der Waals surface area (Å²) in [6.07, 6.45) is -1.54. The second-order valence-electron chi connectivity index (χ2n) is 11.1. The average Bonchev–Trinajstić information content (AvgIpc) is 2.87. The molecule has 0 aromatic carbocycles. The Balaban J connectivity index is 0.000000840. The number of aliphatic carboxylic acids is 2. The van der Waals surface area contributed by atoms with Crippen molar-refractivity contribution in [2.24, 2.45) is 17.4 Å². The van der Waals surface area contributed by atoms with Crippen LogP contribution in [0.25, 0.3) is 0 Å². The first-order valence-electron chi connectivity index (χ1n) is 13.8. The Bertz CT molecular complexity index is 796. The van der Waals surface area contributed by atoms with Crippen LogP contribution in [0.3, 0.4) is 0 Å². The van der Waals surface area contributed by atoms with Gasteiger partial charge < -0.3 is 67.2 Å². The Morgan fingerprint density at radius 1 is 1.00 bits per heavy atom. The van der Waals surface area contributed by atoms with Crippen LogP contribution >= 0.6 is 0 Å². The zero-order valence-electron chi connectivity index (χ0n) is 23.7. The van der Waals surface area contributed by atoms with Gasteiger partial charge in [0.25, 0.3) is 0 Å². The van der Waals surface area contributed by atoms with E-state index in [4.69, 9.17) is 45.5 Å². The van der Waals surface area contributed by atoms with E-state index in [1.807, 2.05) is 14.0 Å². The van der Waals surface area contributed by atoms with Crippen molar-refractivity contribution in [1.82, 2.24) is 16.0 Å². The molecule has 3 rings (SSSR count). The first kappa shape index (κ1) is 34.7. The number of nitrogens with two attached hydrogens (primary N) is 2. The third-order valence-electron chi connectivity index (χ3n) is 7.88. The Kier molecular flexibility index (Phi) is 13.6. The van der Waals surface area contributed by atoms with E-state index in [2.05, 4.69) is 16.0 Å². The second-order valence-corrected chi connectivity index (χ2v) is 11.1. The molecule has 2 aliphatic carbocycles. The van der Waals surface area contributed by atoms with E-state index >= 15 is 0 Å². The van der Waals surface area contributed by atoms with E-state index in [0.717, 1.165) is 25.8 Å². The average molecular weight is 580 g/mol. The van der Waals surface area contributed by atoms with Crippen LogP contribution < -0.4 is 27.4 Å². The molecule has 1 heterocycles. The topological polar surface area (TPSA) is 251 Å². The molecule has 0 aromatic rings. The van der Waals surface area contributed by atoms with Gasteiger partial charge in [0.15, 0.2) is 6.29 Å². The zero-order chi connectivity index (χ0) is 30.2. The van der Waals surface area contributed by atoms with E-state index in [-0.39, 0.29) is 24.8 Å². The predicted octanol–water partition coefficient (Wildman–Crippen LogP) is -3.25. The predicted molar refractivity (Wildman–Crippen MR) is 143 cm³/mol. The molecule has 40 heavy (non-hydrogen) atoms. The first-order valence-corrected chi connectivity index (χ1v) is 13.8. The standard InChI is InChI=1S/C23H47N5O6.C2H2O4/c1-5-28-15-9-14(25)19(33-16-8-12(10-26-3)6-7-13(16)24)17(29)20(15)34-22-18(30)21(27-4)23(2,31)11-32-22;3-1(4)2(5)6/h12-22,26-31H,5-11,24-25H2,1-4H3;(H,3,4)(H,5,6)/t12-,13-,14+,15-,16+,17+,18+,19+,20+,21+,22+,23-;/m1./s1. The lowest BCUT2D eigenvalue weighted by Crippen LogP contribution is -2.69. The molecule has 0 amide bonds. The van der Waals surface area contributed by atoms with Crippen molar-refractivity contribution < 1.29 is 49.3 Å². The summed E-state index contributed by atoms with van der Waals surface area (Å²) in [6, 6.07) is -1.42. The van der Waals surface area contributed by atoms with Crippen LogP contribution in [-0.2, 0) is 23.8 Å². The summed E-state index contributed by atoms with van der Waals surface area (Å²) in [5.41, 5.74) is 11.6. The van der Waals surface area contributed by atoms with E-state index in [1.165, 1.54) is 0 Å². The summed E-state index contributed by atoms with van der Waals surface area (Å²) < 4.78 is 18.3. The molecular weight excluding hydrogens is 530 g/mol. The fourth-order valence-electron chi connectivity index (χ4n) is 5.85. The first-order chi connectivity index (χ1) is 18.8. The normalized spacial score (nSPS) is 42.0. The quantitative estimate of drug-likeness (QED) is 0.120. The fourth-order valence-corrected chi connectivity index (χ4v) is 5.85. The molecule has 0 radical (unpaired) electrons. The van der Waals surface area contributed by atoms with Gasteiger partial charge in [-0.05, 0) is 65.7 Å². The summed E-state index contributed by atoms with van der Waals surface area (Å²) in [5.74, 6) is -3.18. The maximum Gasteiger partial charge on any atom is 0.414 e. The molecule has 15 nitrogen and oxygen atoms in total. The summed E-state index contributed by atoms with van der Waals surface area (Å²) in [4.78, 5) is 18.2. The van der Waals surface area contributed by atoms with Gasteiger partial charge in [0, 0.05) is 18.1 Å². The van der Waals surface area contributed by atoms with Crippen molar-refractivity contribution in [1.29, 1.82) is 0 Å². The largest absolute Gasteiger partial charge is 0.473 e. The Hall–Kier alpha value is -1.50. The van der Waals surface area contributed by atoms with Gasteiger partial charge in [0.2, 0.25) is 0 Å². The maximum atomic E-state index is 11.4. The Morgan fingerprint density at radius 2 is 1.65 bits per heavy atom. The highest BCUT2D eigenvalue weighted by atomic mass is 16.7. The lowest BCUT2D eigenvalue weighted by molar-refractivity contribution is -0.300. The van der Waals surface area contributed by atoms with E-state index in [9.17, 15) is 15.3 Å². The highest BCUT2D eigenvalue weighted by Crippen LogP contribution is 2.33. The van der Waals surface area contributed by atoms with Gasteiger partial charge in [-0.2, -0.15) is 0 Å². The number of carboxylic acids is 2. The van der Waals surface area contributed by atoms with Crippen LogP contribution in [0.2, 0.25) is 0 Å². The van der Waals surface area contributed by atoms with Crippen LogP contribution in [0.4, 0.5) is 0 Å². The smallest absolute Gasteiger partial charge is 0.414 e. The number of nitrogens with one attached hydrogen (secondary N) is 3. The molecular formula is C25H49N5O10. The minimum Gasteiger partial charge on any atom is -0.473 e. The Morgan fingerprint density at radius 3 is 2.20 bits per heavy atom. The van der Waals surface area contributed by atoms with Gasteiger partial charge in [0.05, 0.1) is 18.8 Å². The van der Waals surface area contributed by atoms with Crippen molar-refractivity contribution in [3.8, 4) is 0 Å². The number of hydrogen-bond acceptors (Lipinski definition) is 13. The number of aliphatic hydroxyl groups is 3. The lowest BCUT2D eigenvalue weighted by atomic mass is 9.81. The van der Waals surface area contributed by atoms with Gasteiger partial charge in [0.1, 0.15) is 30.0 Å². The van der Waals surface area contributed by atoms with E-state index in [0.29, 0.717) is 18.9 Å². The van der Waals surface area contributed by atoms with Crippen LogP contribution in [0.1, 0.15) is 39.5 Å². The van der Waals surface area contributed by atoms with Crippen molar-refractivity contribution in [3.63, 3.8) is 0 Å². The van der Waals surface area contributed by atoms with Crippen molar-refractivity contribution >= 4 is 11.9 Å². The summed E-state index contributed by atoms with van der Waals surface area (Å²) >= 11 is 0. The Labute approximate surface area is 234 Å². The SMILES string of the molecule is CCN[C@@H]1C[C@H](N)[C@H](O[C@H]2C[C@H](CNC)CC[C@H]2N)[C@H](O)[C@H]1O[C@@H]1OC[C@@](C)(O)[C@@H](NC)[C@@H]1O.O=C(O)C(=O)O. The second kappa shape index (κ2) is 15.7. The van der Waals surface area contributed by atoms with Gasteiger partial charge in [-0.3, -0.25) is 0 Å². The summed E-state index contributed by atoms with van der Waals surface area (Å²) in [7, 11) is 3.60. The van der Waals surface area contributed by atoms with Gasteiger partial charge in [-0.25, -0.2) is 9.59 Å². The minimum absolute atomic E-state index is 0.0157. The molecule has 0 spiro atoms. The van der Waals surface area contributed by atoms with Crippen LogP contribution in [-0.4, -0.2) is 138 Å². The number of aliphatic hydroxyl groups excluding tert-OH is 2. The number of carboxylic acid groups (broad SMARTS) is 2. The van der Waals surface area contributed by atoms with Crippen LogP contribution in [0, 0.1) is 5.92 Å². The number of carbonyl (C=O) groups is 2. The van der Waals surface area contributed by atoms with Gasteiger partial charge in [-0.1, -0.05) is 6.92 Å². The molecule has 12 N–H and O–H groups in total. The number of hydrogen-bond donors (Lipinski definition) is 10. The minimum atomic E-state index is -1.82. The van der Waals surface area contributed by atoms with Gasteiger partial charge >= 0.3 is 11.9 Å². The monoisotopic (exact) mass is 579 g/mol. The van der Waals surface area contributed by atoms with Gasteiger partial charge in [-0.15, -0.1) is 0 Å². The zero-order valence-corrected chi connectivity index (χ0v) is 23.7. The van der Waals surface area contributed by atoms with E-state index in [1.54, 1.807) is 14.0 Å². The molecule has 234 valence electrons. The number of ether oxygens (including phenoxy) is 3. The van der Waals surface area contributed by atoms with Crippen LogP contribution in [0.5, 0.6) is 0 Å². The van der Waals surface area contributed by atoms with E-state index < -0.39 is 60.3 Å². The molecule has 3 fully saturated rings. The molecule has 0 aromatic heterocycles. The molecule has 0 bridgehead atoms. The highest BCUT2D eigenvalue weighted by molar-refractivity contribution is 6.27. The fraction of sp³-hybridized carbons (Fsp3) is 0.920. The lowest BCUT2D eigenvalue weighted by Gasteiger charge is -2.49. The molecule has 1 saturated heterocycles. The number of likely N-dealkylation sites (N-methyl/N-ethyl adjacent to an activating group) is 2. The maximum absolute atomic E-state index is 11.4. The third kappa shape index (κ3) is 9.00. The van der Waals surface area contributed by atoms with Crippen LogP contribution in [0.15, 0.2) is 0 Å². The van der Waals surface area contributed by atoms with Crippen molar-refractivity contribution in [2.75, 3.05) is 33.8 Å². The third-order valence-corrected chi connectivity index (χ3v) is 7.88. The van der Waals surface area contributed by atoms with Crippen molar-refractivity contribution in [2.45, 2.75) is 106 Å². The highest BCUT2D eigenvalue weighted by Gasteiger charge is 2.51. The summed E-state index contributed by atoms with van der Waals surface area (Å²) in [6.45, 7) is 5.12. The molecule has 2 saturated carbocycles. The summed E-state index contributed by atoms with van der Waals surface area (Å²) in [5, 5.41) is 57.1.